The standard InChI is InChI=1S/C26H35Cl2N3O4S/c1-17(2)29-26(33)20(5)30(16-21-12-13-22(27)23(28)15-21)25(32)11-8-14-31(36(6,34)35)24-10-7-9-18(3)19(24)4/h7,9-10,12-13,15,17,20H,8,11,14,16H2,1-6H3,(H,29,33). The van der Waals surface area contributed by atoms with Gasteiger partial charge in [-0.15, -0.1) is 0 Å². The molecule has 2 amide bonds. The molecule has 2 aromatic rings. The Kier molecular flexibility index (Phi) is 10.6. The number of anilines is 1. The van der Waals surface area contributed by atoms with Gasteiger partial charge >= 0.3 is 0 Å². The van der Waals surface area contributed by atoms with Gasteiger partial charge in [0.05, 0.1) is 22.0 Å². The Bertz CT molecular complexity index is 1200. The molecule has 0 fully saturated rings. The third-order valence-corrected chi connectivity index (χ3v) is 7.85. The number of nitrogens with one attached hydrogen (secondary N) is 1. The van der Waals surface area contributed by atoms with Gasteiger partial charge in [0, 0.05) is 25.6 Å². The Morgan fingerprint density at radius 2 is 1.69 bits per heavy atom. The number of carbonyl (C=O) groups excluding carboxylic acids is 2. The third-order valence-electron chi connectivity index (χ3n) is 5.93. The smallest absolute Gasteiger partial charge is 0.242 e. The van der Waals surface area contributed by atoms with Crippen LogP contribution < -0.4 is 9.62 Å². The molecule has 1 atom stereocenters. The maximum absolute atomic E-state index is 13.3. The van der Waals surface area contributed by atoms with E-state index in [0.29, 0.717) is 15.7 Å². The van der Waals surface area contributed by atoms with Gasteiger partial charge in [0.25, 0.3) is 0 Å². The molecular formula is C26H35Cl2N3O4S. The highest BCUT2D eigenvalue weighted by Crippen LogP contribution is 2.26. The summed E-state index contributed by atoms with van der Waals surface area (Å²) in [5.74, 6) is -0.534. The van der Waals surface area contributed by atoms with E-state index in [-0.39, 0.29) is 43.8 Å². The fourth-order valence-electron chi connectivity index (χ4n) is 3.81. The maximum atomic E-state index is 13.3. The van der Waals surface area contributed by atoms with Gasteiger partial charge in [-0.1, -0.05) is 41.4 Å². The summed E-state index contributed by atoms with van der Waals surface area (Å²) in [6.45, 7) is 9.48. The summed E-state index contributed by atoms with van der Waals surface area (Å²) >= 11 is 12.2. The molecule has 0 aliphatic heterocycles. The number of hydrogen-bond donors (Lipinski definition) is 1. The average Bonchev–Trinajstić information content (AvgIpc) is 2.77. The van der Waals surface area contributed by atoms with Crippen molar-refractivity contribution in [2.45, 2.75) is 66.1 Å². The topological polar surface area (TPSA) is 86.8 Å². The lowest BCUT2D eigenvalue weighted by atomic mass is 10.1. The van der Waals surface area contributed by atoms with Crippen LogP contribution in [0.1, 0.15) is 50.3 Å². The molecule has 2 rings (SSSR count). The fraction of sp³-hybridized carbons (Fsp3) is 0.462. The van der Waals surface area contributed by atoms with Gasteiger partial charge in [-0.05, 0) is 75.9 Å². The molecule has 36 heavy (non-hydrogen) atoms. The Labute approximate surface area is 224 Å². The highest BCUT2D eigenvalue weighted by molar-refractivity contribution is 7.92. The van der Waals surface area contributed by atoms with E-state index in [1.54, 1.807) is 31.2 Å². The first-order chi connectivity index (χ1) is 16.7. The minimum atomic E-state index is -3.56. The molecule has 0 aromatic heterocycles. The Morgan fingerprint density at radius 3 is 2.28 bits per heavy atom. The number of benzene rings is 2. The number of nitrogens with zero attached hydrogens (tertiary/aromatic N) is 2. The van der Waals surface area contributed by atoms with Crippen molar-refractivity contribution in [3.8, 4) is 0 Å². The molecule has 0 bridgehead atoms. The second-order valence-corrected chi connectivity index (χ2v) is 12.0. The van der Waals surface area contributed by atoms with Crippen LogP contribution in [-0.4, -0.2) is 50.0 Å². The minimum Gasteiger partial charge on any atom is -0.352 e. The molecule has 1 unspecified atom stereocenters. The second kappa shape index (κ2) is 12.8. The zero-order valence-corrected chi connectivity index (χ0v) is 24.0. The van der Waals surface area contributed by atoms with Crippen molar-refractivity contribution in [1.29, 1.82) is 0 Å². The predicted molar refractivity (Wildman–Crippen MR) is 147 cm³/mol. The van der Waals surface area contributed by atoms with Crippen molar-refractivity contribution < 1.29 is 18.0 Å². The van der Waals surface area contributed by atoms with Crippen LogP contribution in [0.15, 0.2) is 36.4 Å². The summed E-state index contributed by atoms with van der Waals surface area (Å²) < 4.78 is 26.5. The van der Waals surface area contributed by atoms with Crippen LogP contribution in [0, 0.1) is 13.8 Å². The van der Waals surface area contributed by atoms with E-state index in [9.17, 15) is 18.0 Å². The Balaban J connectivity index is 2.23. The van der Waals surface area contributed by atoms with Crippen molar-refractivity contribution >= 4 is 50.7 Å². The Hall–Kier alpha value is -2.29. The number of rotatable bonds is 11. The van der Waals surface area contributed by atoms with E-state index in [0.717, 1.165) is 22.9 Å². The van der Waals surface area contributed by atoms with Gasteiger partial charge in [-0.2, -0.15) is 0 Å². The van der Waals surface area contributed by atoms with E-state index in [2.05, 4.69) is 5.32 Å². The number of aryl methyl sites for hydroxylation is 1. The normalized spacial score (nSPS) is 12.4. The molecular weight excluding hydrogens is 521 g/mol. The number of sulfonamides is 1. The summed E-state index contributed by atoms with van der Waals surface area (Å²) in [6, 6.07) is 9.76. The van der Waals surface area contributed by atoms with Crippen LogP contribution in [0.3, 0.4) is 0 Å². The number of hydrogen-bond acceptors (Lipinski definition) is 4. The van der Waals surface area contributed by atoms with Crippen molar-refractivity contribution in [2.75, 3.05) is 17.1 Å². The van der Waals surface area contributed by atoms with Crippen molar-refractivity contribution in [3.63, 3.8) is 0 Å². The molecule has 2 aromatic carbocycles. The molecule has 0 radical (unpaired) electrons. The van der Waals surface area contributed by atoms with Gasteiger partial charge in [0.2, 0.25) is 21.8 Å². The largest absolute Gasteiger partial charge is 0.352 e. The van der Waals surface area contributed by atoms with Crippen molar-refractivity contribution in [3.05, 3.63) is 63.1 Å². The molecule has 0 saturated carbocycles. The zero-order valence-electron chi connectivity index (χ0n) is 21.6. The van der Waals surface area contributed by atoms with E-state index in [1.165, 1.54) is 9.21 Å². The average molecular weight is 557 g/mol. The molecule has 1 N–H and O–H groups in total. The van der Waals surface area contributed by atoms with Crippen LogP contribution in [0.4, 0.5) is 5.69 Å². The molecule has 198 valence electrons. The first-order valence-electron chi connectivity index (χ1n) is 11.8. The lowest BCUT2D eigenvalue weighted by molar-refractivity contribution is -0.140. The molecule has 0 spiro atoms. The zero-order chi connectivity index (χ0) is 27.2. The molecule has 10 heteroatoms. The van der Waals surface area contributed by atoms with Crippen LogP contribution in [0.5, 0.6) is 0 Å². The van der Waals surface area contributed by atoms with E-state index in [4.69, 9.17) is 23.2 Å². The lowest BCUT2D eigenvalue weighted by Crippen LogP contribution is -2.49. The summed E-state index contributed by atoms with van der Waals surface area (Å²) in [4.78, 5) is 27.6. The summed E-state index contributed by atoms with van der Waals surface area (Å²) in [5.41, 5.74) is 3.18. The van der Waals surface area contributed by atoms with Gasteiger partial charge in [0.1, 0.15) is 6.04 Å². The highest BCUT2D eigenvalue weighted by atomic mass is 35.5. The predicted octanol–water partition coefficient (Wildman–Crippen LogP) is 5.10. The van der Waals surface area contributed by atoms with E-state index < -0.39 is 16.1 Å². The third kappa shape index (κ3) is 8.11. The number of carbonyl (C=O) groups is 2. The van der Waals surface area contributed by atoms with Crippen LogP contribution in [-0.2, 0) is 26.2 Å². The van der Waals surface area contributed by atoms with Gasteiger partial charge < -0.3 is 10.2 Å². The van der Waals surface area contributed by atoms with E-state index in [1.807, 2.05) is 39.8 Å². The molecule has 0 heterocycles. The summed E-state index contributed by atoms with van der Waals surface area (Å²) in [5, 5.41) is 3.60. The highest BCUT2D eigenvalue weighted by Gasteiger charge is 2.27. The summed E-state index contributed by atoms with van der Waals surface area (Å²) in [6.07, 6.45) is 1.51. The molecule has 0 aliphatic carbocycles. The van der Waals surface area contributed by atoms with E-state index >= 15 is 0 Å². The van der Waals surface area contributed by atoms with Crippen LogP contribution >= 0.6 is 23.2 Å². The van der Waals surface area contributed by atoms with Crippen molar-refractivity contribution in [2.24, 2.45) is 0 Å². The fourth-order valence-corrected chi connectivity index (χ4v) is 5.15. The van der Waals surface area contributed by atoms with Crippen LogP contribution in [0.25, 0.3) is 0 Å². The van der Waals surface area contributed by atoms with Crippen LogP contribution in [0.2, 0.25) is 10.0 Å². The second-order valence-electron chi connectivity index (χ2n) is 9.27. The SMILES string of the molecule is Cc1cccc(N(CCCC(=O)N(Cc2ccc(Cl)c(Cl)c2)C(C)C(=O)NC(C)C)S(C)(=O)=O)c1C. The minimum absolute atomic E-state index is 0.0670. The Morgan fingerprint density at radius 1 is 1.03 bits per heavy atom. The monoisotopic (exact) mass is 555 g/mol. The molecule has 0 saturated heterocycles. The van der Waals surface area contributed by atoms with Gasteiger partial charge in [-0.3, -0.25) is 13.9 Å². The van der Waals surface area contributed by atoms with Gasteiger partial charge in [-0.25, -0.2) is 8.42 Å². The first kappa shape index (κ1) is 29.9. The lowest BCUT2D eigenvalue weighted by Gasteiger charge is -2.30. The van der Waals surface area contributed by atoms with Crippen molar-refractivity contribution in [1.82, 2.24) is 10.2 Å². The first-order valence-corrected chi connectivity index (χ1v) is 14.4. The molecule has 7 nitrogen and oxygen atoms in total. The quantitative estimate of drug-likeness (QED) is 0.418. The number of amides is 2. The molecule has 0 aliphatic rings. The maximum Gasteiger partial charge on any atom is 0.242 e. The summed E-state index contributed by atoms with van der Waals surface area (Å²) in [7, 11) is -3.56. The number of halogens is 2. The van der Waals surface area contributed by atoms with Gasteiger partial charge in [0.15, 0.2) is 0 Å².